The maximum atomic E-state index is 13.2. The van der Waals surface area contributed by atoms with Crippen molar-refractivity contribution in [1.29, 1.82) is 0 Å². The van der Waals surface area contributed by atoms with Crippen LogP contribution in [-0.4, -0.2) is 36.4 Å². The third kappa shape index (κ3) is 5.86. The molecule has 6 nitrogen and oxygen atoms in total. The van der Waals surface area contributed by atoms with E-state index in [9.17, 15) is 9.59 Å². The van der Waals surface area contributed by atoms with E-state index in [1.54, 1.807) is 11.9 Å². The van der Waals surface area contributed by atoms with Crippen LogP contribution in [0.5, 0.6) is 0 Å². The number of benzene rings is 1. The van der Waals surface area contributed by atoms with Gasteiger partial charge in [-0.3, -0.25) is 9.79 Å². The van der Waals surface area contributed by atoms with Crippen LogP contribution in [0.1, 0.15) is 78.7 Å². The SMILES string of the molecule is CN1C(=O)C(NC(=O)NC(C)(C)CC(C)(C)C)N=C(C2CCCCC2)c2ccccc21. The number of fused-ring (bicyclic) bond motifs is 1. The monoisotopic (exact) mass is 426 g/mol. The van der Waals surface area contributed by atoms with Gasteiger partial charge in [-0.25, -0.2) is 4.79 Å². The van der Waals surface area contributed by atoms with Gasteiger partial charge in [-0.1, -0.05) is 58.2 Å². The van der Waals surface area contributed by atoms with Gasteiger partial charge in [-0.2, -0.15) is 0 Å². The van der Waals surface area contributed by atoms with E-state index in [1.165, 1.54) is 19.3 Å². The fourth-order valence-corrected chi connectivity index (χ4v) is 5.18. The van der Waals surface area contributed by atoms with Crippen molar-refractivity contribution in [3.05, 3.63) is 29.8 Å². The van der Waals surface area contributed by atoms with E-state index in [0.29, 0.717) is 5.92 Å². The predicted octanol–water partition coefficient (Wildman–Crippen LogP) is 4.87. The minimum Gasteiger partial charge on any atom is -0.333 e. The second-order valence-electron chi connectivity index (χ2n) is 10.9. The molecule has 6 heteroatoms. The van der Waals surface area contributed by atoms with Crippen LogP contribution in [0.2, 0.25) is 0 Å². The molecule has 1 saturated carbocycles. The molecule has 0 spiro atoms. The number of hydrogen-bond donors (Lipinski definition) is 2. The predicted molar refractivity (Wildman–Crippen MR) is 127 cm³/mol. The van der Waals surface area contributed by atoms with Gasteiger partial charge >= 0.3 is 6.03 Å². The first-order valence-corrected chi connectivity index (χ1v) is 11.5. The number of para-hydroxylation sites is 1. The van der Waals surface area contributed by atoms with Gasteiger partial charge < -0.3 is 15.5 Å². The van der Waals surface area contributed by atoms with Gasteiger partial charge in [-0.05, 0) is 44.6 Å². The van der Waals surface area contributed by atoms with Gasteiger partial charge in [0.2, 0.25) is 6.17 Å². The highest BCUT2D eigenvalue weighted by Crippen LogP contribution is 2.33. The minimum atomic E-state index is -0.931. The number of benzodiazepines with no additional fused rings is 1. The molecule has 3 amide bonds. The van der Waals surface area contributed by atoms with Crippen molar-refractivity contribution in [2.45, 2.75) is 84.8 Å². The molecule has 2 N–H and O–H groups in total. The summed E-state index contributed by atoms with van der Waals surface area (Å²) in [5.41, 5.74) is 2.48. The standard InChI is InChI=1S/C25H38N4O2/c1-24(2,3)16-25(4,5)28-23(31)27-21-22(30)29(6)19-15-11-10-14-18(19)20(26-21)17-12-8-7-9-13-17/h10-11,14-15,17,21H,7-9,12-13,16H2,1-6H3,(H2,27,28,31). The average Bonchev–Trinajstić information content (AvgIpc) is 2.77. The lowest BCUT2D eigenvalue weighted by Crippen LogP contribution is -2.55. The molecule has 1 aliphatic heterocycles. The molecular formula is C25H38N4O2. The number of rotatable bonds is 4. The highest BCUT2D eigenvalue weighted by molar-refractivity contribution is 6.13. The molecule has 1 aromatic carbocycles. The van der Waals surface area contributed by atoms with Crippen molar-refractivity contribution >= 4 is 23.3 Å². The third-order valence-corrected chi connectivity index (χ3v) is 6.06. The van der Waals surface area contributed by atoms with Crippen molar-refractivity contribution < 1.29 is 9.59 Å². The number of carbonyl (C=O) groups is 2. The van der Waals surface area contributed by atoms with E-state index in [0.717, 1.165) is 36.2 Å². The van der Waals surface area contributed by atoms with Crippen LogP contribution in [0, 0.1) is 11.3 Å². The van der Waals surface area contributed by atoms with Crippen LogP contribution in [0.25, 0.3) is 0 Å². The Kier molecular flexibility index (Phi) is 6.77. The van der Waals surface area contributed by atoms with Crippen LogP contribution < -0.4 is 15.5 Å². The number of aliphatic imine (C=N–C) groups is 1. The zero-order chi connectivity index (χ0) is 22.8. The van der Waals surface area contributed by atoms with Crippen LogP contribution in [-0.2, 0) is 4.79 Å². The number of nitrogens with zero attached hydrogens (tertiary/aromatic N) is 2. The molecule has 3 rings (SSSR count). The van der Waals surface area contributed by atoms with Crippen LogP contribution in [0.4, 0.5) is 10.5 Å². The van der Waals surface area contributed by atoms with E-state index >= 15 is 0 Å². The maximum absolute atomic E-state index is 13.2. The topological polar surface area (TPSA) is 73.8 Å². The lowest BCUT2D eigenvalue weighted by molar-refractivity contribution is -0.119. The molecule has 0 saturated heterocycles. The normalized spacial score (nSPS) is 20.6. The van der Waals surface area contributed by atoms with Crippen molar-refractivity contribution in [2.24, 2.45) is 16.3 Å². The summed E-state index contributed by atoms with van der Waals surface area (Å²) in [6.07, 6.45) is 5.63. The summed E-state index contributed by atoms with van der Waals surface area (Å²) in [7, 11) is 1.76. The zero-order valence-corrected chi connectivity index (χ0v) is 19.9. The molecular weight excluding hydrogens is 388 g/mol. The van der Waals surface area contributed by atoms with Crippen molar-refractivity contribution in [1.82, 2.24) is 10.6 Å². The summed E-state index contributed by atoms with van der Waals surface area (Å²) in [4.78, 5) is 32.6. The Bertz CT molecular complexity index is 847. The average molecular weight is 427 g/mol. The summed E-state index contributed by atoms with van der Waals surface area (Å²) in [5.74, 6) is 0.0981. The first-order valence-electron chi connectivity index (χ1n) is 11.5. The smallest absolute Gasteiger partial charge is 0.317 e. The largest absolute Gasteiger partial charge is 0.333 e. The van der Waals surface area contributed by atoms with E-state index < -0.39 is 11.7 Å². The van der Waals surface area contributed by atoms with Gasteiger partial charge in [0.05, 0.1) is 11.4 Å². The molecule has 1 aliphatic carbocycles. The Labute approximate surface area is 186 Å². The number of carbonyl (C=O) groups excluding carboxylic acids is 2. The van der Waals surface area contributed by atoms with Gasteiger partial charge in [0.1, 0.15) is 0 Å². The fraction of sp³-hybridized carbons (Fsp3) is 0.640. The quantitative estimate of drug-likeness (QED) is 0.721. The fourth-order valence-electron chi connectivity index (χ4n) is 5.18. The van der Waals surface area contributed by atoms with Crippen molar-refractivity contribution in [3.8, 4) is 0 Å². The second-order valence-corrected chi connectivity index (χ2v) is 10.9. The molecule has 2 aliphatic rings. The van der Waals surface area contributed by atoms with Crippen LogP contribution in [0.15, 0.2) is 29.3 Å². The summed E-state index contributed by atoms with van der Waals surface area (Å²) in [6, 6.07) is 7.57. The van der Waals surface area contributed by atoms with Crippen molar-refractivity contribution in [3.63, 3.8) is 0 Å². The lowest BCUT2D eigenvalue weighted by Gasteiger charge is -2.33. The third-order valence-electron chi connectivity index (χ3n) is 6.06. The van der Waals surface area contributed by atoms with Gasteiger partial charge in [-0.15, -0.1) is 0 Å². The summed E-state index contributed by atoms with van der Waals surface area (Å²) >= 11 is 0. The Balaban J connectivity index is 1.87. The Morgan fingerprint density at radius 1 is 1.10 bits per heavy atom. The molecule has 0 bridgehead atoms. The number of amides is 3. The summed E-state index contributed by atoms with van der Waals surface area (Å²) in [6.45, 7) is 10.5. The van der Waals surface area contributed by atoms with E-state index in [2.05, 4.69) is 31.4 Å². The molecule has 1 heterocycles. The molecule has 1 fully saturated rings. The van der Waals surface area contributed by atoms with Crippen LogP contribution in [0.3, 0.4) is 0 Å². The summed E-state index contributed by atoms with van der Waals surface area (Å²) in [5, 5.41) is 5.90. The van der Waals surface area contributed by atoms with E-state index in [4.69, 9.17) is 4.99 Å². The van der Waals surface area contributed by atoms with E-state index in [-0.39, 0.29) is 17.4 Å². The number of hydrogen-bond acceptors (Lipinski definition) is 3. The Morgan fingerprint density at radius 2 is 1.74 bits per heavy atom. The molecule has 170 valence electrons. The molecule has 0 aromatic heterocycles. The van der Waals surface area contributed by atoms with Crippen molar-refractivity contribution in [2.75, 3.05) is 11.9 Å². The first-order chi connectivity index (χ1) is 14.5. The highest BCUT2D eigenvalue weighted by Gasteiger charge is 2.34. The van der Waals surface area contributed by atoms with Crippen LogP contribution >= 0.6 is 0 Å². The Morgan fingerprint density at radius 3 is 2.39 bits per heavy atom. The highest BCUT2D eigenvalue weighted by atomic mass is 16.2. The molecule has 0 radical (unpaired) electrons. The van der Waals surface area contributed by atoms with Gasteiger partial charge in [0.25, 0.3) is 5.91 Å². The number of likely N-dealkylation sites (N-methyl/N-ethyl adjacent to an activating group) is 1. The zero-order valence-electron chi connectivity index (χ0n) is 19.9. The number of nitrogens with one attached hydrogen (secondary N) is 2. The number of urea groups is 1. The minimum absolute atomic E-state index is 0.0725. The summed E-state index contributed by atoms with van der Waals surface area (Å²) < 4.78 is 0. The molecule has 31 heavy (non-hydrogen) atoms. The molecule has 1 aromatic rings. The number of anilines is 1. The molecule has 1 atom stereocenters. The van der Waals surface area contributed by atoms with Gasteiger partial charge in [0, 0.05) is 24.1 Å². The second kappa shape index (κ2) is 9.01. The van der Waals surface area contributed by atoms with Gasteiger partial charge in [0.15, 0.2) is 0 Å². The van der Waals surface area contributed by atoms with E-state index in [1.807, 2.05) is 38.1 Å². The maximum Gasteiger partial charge on any atom is 0.317 e. The first kappa shape index (κ1) is 23.3. The Hall–Kier alpha value is -2.37. The lowest BCUT2D eigenvalue weighted by atomic mass is 9.82. The molecule has 1 unspecified atom stereocenters.